The number of aryl methyl sites for hydroxylation is 2. The molecule has 0 aliphatic heterocycles. The second kappa shape index (κ2) is 9.43. The zero-order valence-corrected chi connectivity index (χ0v) is 13.9. The van der Waals surface area contributed by atoms with Crippen molar-refractivity contribution in [2.45, 2.75) is 0 Å². The first-order valence-electron chi connectivity index (χ1n) is 5.78. The number of rotatable bonds is 2. The maximum absolute atomic E-state index is 10.7. The third-order valence-corrected chi connectivity index (χ3v) is 2.47. The van der Waals surface area contributed by atoms with Crippen LogP contribution in [0.2, 0.25) is 0 Å². The highest BCUT2D eigenvalue weighted by molar-refractivity contribution is 14.1. The fourth-order valence-corrected chi connectivity index (χ4v) is 1.43. The second-order valence-corrected chi connectivity index (χ2v) is 4.90. The Balaban J connectivity index is 0.000000290. The van der Waals surface area contributed by atoms with Crippen molar-refractivity contribution in [2.24, 2.45) is 14.1 Å². The smallest absolute Gasteiger partial charge is 0.445 e. The molecule has 0 spiro atoms. The van der Waals surface area contributed by atoms with E-state index in [2.05, 4.69) is 45.9 Å². The summed E-state index contributed by atoms with van der Waals surface area (Å²) in [5.74, 6) is 0. The average molecular weight is 411 g/mol. The van der Waals surface area contributed by atoms with Gasteiger partial charge in [-0.3, -0.25) is 9.36 Å². The van der Waals surface area contributed by atoms with Crippen molar-refractivity contribution in [1.29, 1.82) is 0 Å². The van der Waals surface area contributed by atoms with Gasteiger partial charge >= 0.3 is 6.98 Å². The zero-order chi connectivity index (χ0) is 16.5. The summed E-state index contributed by atoms with van der Waals surface area (Å²) in [6, 6.07) is 3.87. The Morgan fingerprint density at radius 3 is 1.71 bits per heavy atom. The van der Waals surface area contributed by atoms with Crippen molar-refractivity contribution in [3.63, 3.8) is 0 Å². The van der Waals surface area contributed by atoms with Crippen LogP contribution in [0.15, 0.2) is 43.7 Å². The maximum atomic E-state index is 10.7. The highest BCUT2D eigenvalue weighted by atomic mass is 127. The van der Waals surface area contributed by atoms with Crippen molar-refractivity contribution < 1.29 is 12.9 Å². The van der Waals surface area contributed by atoms with Gasteiger partial charge in [0.2, 0.25) is 0 Å². The minimum Gasteiger partial charge on any atom is -0.445 e. The summed E-state index contributed by atoms with van der Waals surface area (Å²) in [6.07, 6.45) is 5.53. The normalized spacial score (nSPS) is 9.81. The van der Waals surface area contributed by atoms with Crippen molar-refractivity contribution in [3.8, 4) is 0 Å². The molecule has 0 unspecified atom stereocenters. The van der Waals surface area contributed by atoms with Gasteiger partial charge in [-0.1, -0.05) is 6.58 Å². The fourth-order valence-electron chi connectivity index (χ4n) is 0.929. The van der Waals surface area contributed by atoms with Crippen molar-refractivity contribution >= 4 is 35.6 Å². The number of halogens is 4. The van der Waals surface area contributed by atoms with Crippen LogP contribution in [0.3, 0.4) is 0 Å². The lowest BCUT2D eigenvalue weighted by atomic mass is 9.94. The molecule has 0 aliphatic rings. The van der Waals surface area contributed by atoms with Gasteiger partial charge in [0, 0.05) is 26.5 Å². The van der Waals surface area contributed by atoms with Gasteiger partial charge in [0.1, 0.15) is 3.70 Å². The molecule has 0 atom stereocenters. The molecule has 0 bridgehead atoms. The second-order valence-electron chi connectivity index (χ2n) is 3.79. The predicted octanol–water partition coefficient (Wildman–Crippen LogP) is 3.65. The van der Waals surface area contributed by atoms with E-state index in [1.165, 1.54) is 0 Å². The van der Waals surface area contributed by atoms with E-state index in [-0.39, 0.29) is 5.98 Å². The molecule has 0 aromatic carbocycles. The lowest BCUT2D eigenvalue weighted by Crippen LogP contribution is -2.08. The van der Waals surface area contributed by atoms with E-state index in [0.29, 0.717) is 0 Å². The molecule has 0 N–H and O–H groups in total. The van der Waals surface area contributed by atoms with Crippen LogP contribution in [0, 0.1) is 3.70 Å². The van der Waals surface area contributed by atoms with Crippen molar-refractivity contribution in [2.75, 3.05) is 0 Å². The Morgan fingerprint density at radius 1 is 1.10 bits per heavy atom. The summed E-state index contributed by atoms with van der Waals surface area (Å²) in [4.78, 5) is 0. The molecule has 2 heterocycles. The summed E-state index contributed by atoms with van der Waals surface area (Å²) in [5, 5.41) is 8.04. The third-order valence-electron chi connectivity index (χ3n) is 1.89. The zero-order valence-electron chi connectivity index (χ0n) is 11.8. The lowest BCUT2D eigenvalue weighted by Gasteiger charge is -2.02. The molecule has 0 amide bonds. The molecule has 2 aromatic rings. The number of nitrogens with zero attached hydrogens (tertiary/aromatic N) is 4. The Kier molecular flexibility index (Phi) is 8.75. The topological polar surface area (TPSA) is 35.6 Å². The summed E-state index contributed by atoms with van der Waals surface area (Å²) in [6.45, 7) is 1.38. The SMILES string of the molecule is C=C[B-](F)(F)F.C=Cc1ccn(C)n1.Cn1ccc(I)n1. The molecule has 116 valence electrons. The van der Waals surface area contributed by atoms with E-state index in [1.807, 2.05) is 38.6 Å². The van der Waals surface area contributed by atoms with Crippen molar-refractivity contribution in [1.82, 2.24) is 19.6 Å². The van der Waals surface area contributed by atoms with E-state index in [0.717, 1.165) is 9.39 Å². The fraction of sp³-hybridized carbons (Fsp3) is 0.167. The first-order valence-corrected chi connectivity index (χ1v) is 6.86. The van der Waals surface area contributed by atoms with Gasteiger partial charge in [-0.2, -0.15) is 16.2 Å². The predicted molar refractivity (Wildman–Crippen MR) is 88.5 cm³/mol. The Bertz CT molecular complexity index is 546. The quantitative estimate of drug-likeness (QED) is 0.559. The average Bonchev–Trinajstić information content (AvgIpc) is 2.98. The first kappa shape index (κ1) is 19.5. The number of aromatic nitrogens is 4. The van der Waals surface area contributed by atoms with Gasteiger partial charge < -0.3 is 12.9 Å². The van der Waals surface area contributed by atoms with E-state index in [9.17, 15) is 12.9 Å². The van der Waals surface area contributed by atoms with Gasteiger partial charge in [0.15, 0.2) is 0 Å². The molecule has 0 aliphatic carbocycles. The third kappa shape index (κ3) is 10.9. The van der Waals surface area contributed by atoms with Gasteiger partial charge in [-0.15, -0.1) is 6.58 Å². The minimum absolute atomic E-state index is 0. The van der Waals surface area contributed by atoms with Gasteiger partial charge in [0.05, 0.1) is 5.69 Å². The number of hydrogen-bond donors (Lipinski definition) is 0. The first-order chi connectivity index (χ1) is 9.67. The molecular weight excluding hydrogens is 395 g/mol. The molecule has 21 heavy (non-hydrogen) atoms. The summed E-state index contributed by atoms with van der Waals surface area (Å²) in [5.41, 5.74) is 0.924. The molecule has 0 saturated carbocycles. The van der Waals surface area contributed by atoms with Crippen LogP contribution < -0.4 is 0 Å². The Hall–Kier alpha value is -1.52. The molecule has 2 aromatic heterocycles. The van der Waals surface area contributed by atoms with Crippen LogP contribution in [0.4, 0.5) is 12.9 Å². The Labute approximate surface area is 135 Å². The van der Waals surface area contributed by atoms with Crippen LogP contribution in [-0.2, 0) is 14.1 Å². The standard InChI is InChI=1S/C6H8N2.C4H5IN2.C2H3BF3/c1-3-6-4-5-8(2)7-6;1-7-3-2-4(5)6-7;1-2-3(4,5)6/h3-5H,1H2,2H3;2-3H,1H3;2H,1H2/q;;-1. The summed E-state index contributed by atoms with van der Waals surface area (Å²) < 4.78 is 36.8. The summed E-state index contributed by atoms with van der Waals surface area (Å²) >= 11 is 2.17. The molecule has 0 radical (unpaired) electrons. The van der Waals surface area contributed by atoms with Gasteiger partial charge in [-0.05, 0) is 40.8 Å². The highest BCUT2D eigenvalue weighted by Gasteiger charge is 2.14. The summed E-state index contributed by atoms with van der Waals surface area (Å²) in [7, 11) is 3.79. The van der Waals surface area contributed by atoms with E-state index in [4.69, 9.17) is 0 Å². The molecule has 4 nitrogen and oxygen atoms in total. The van der Waals surface area contributed by atoms with Crippen LogP contribution in [0.5, 0.6) is 0 Å². The molecule has 9 heteroatoms. The Morgan fingerprint density at radius 2 is 1.57 bits per heavy atom. The highest BCUT2D eigenvalue weighted by Crippen LogP contribution is 2.06. The van der Waals surface area contributed by atoms with Gasteiger partial charge in [0.25, 0.3) is 0 Å². The molecule has 2 rings (SSSR count). The van der Waals surface area contributed by atoms with Crippen LogP contribution >= 0.6 is 22.6 Å². The monoisotopic (exact) mass is 411 g/mol. The largest absolute Gasteiger partial charge is 0.501 e. The van der Waals surface area contributed by atoms with E-state index in [1.54, 1.807) is 15.4 Å². The number of hydrogen-bond acceptors (Lipinski definition) is 2. The molecule has 0 saturated heterocycles. The molecular formula is C12H16BF3IN4-. The molecule has 0 fully saturated rings. The van der Waals surface area contributed by atoms with Crippen LogP contribution in [-0.4, -0.2) is 26.5 Å². The van der Waals surface area contributed by atoms with Crippen LogP contribution in [0.25, 0.3) is 6.08 Å². The van der Waals surface area contributed by atoms with E-state index < -0.39 is 6.98 Å². The maximum Gasteiger partial charge on any atom is 0.501 e. The lowest BCUT2D eigenvalue weighted by molar-refractivity contribution is 0.499. The van der Waals surface area contributed by atoms with Crippen LogP contribution in [0.1, 0.15) is 5.69 Å². The minimum atomic E-state index is -4.72. The van der Waals surface area contributed by atoms with Crippen molar-refractivity contribution in [3.05, 3.63) is 53.1 Å². The van der Waals surface area contributed by atoms with Gasteiger partial charge in [-0.25, -0.2) is 0 Å². The van der Waals surface area contributed by atoms with E-state index >= 15 is 0 Å².